The average molecular weight is 697 g/mol. The summed E-state index contributed by atoms with van der Waals surface area (Å²) in [6.45, 7) is 1.19. The molecule has 3 unspecified atom stereocenters. The first kappa shape index (κ1) is 32.4. The molecule has 260 valence electrons. The molecule has 4 aliphatic heterocycles. The summed E-state index contributed by atoms with van der Waals surface area (Å²) in [5.41, 5.74) is -0.659. The minimum Gasteiger partial charge on any atom is -0.508 e. The fourth-order valence-corrected chi connectivity index (χ4v) is 8.34. The van der Waals surface area contributed by atoms with Gasteiger partial charge in [0.15, 0.2) is 5.82 Å². The number of terminal acetylenes is 1. The van der Waals surface area contributed by atoms with Gasteiger partial charge in [-0.05, 0) is 55.8 Å². The highest BCUT2D eigenvalue weighted by molar-refractivity contribution is 6.03. The number of aromatic hydroxyl groups is 1. The van der Waals surface area contributed by atoms with Gasteiger partial charge in [-0.3, -0.25) is 14.7 Å². The number of nitrogens with zero attached hydrogens (tertiary/aromatic N) is 6. The standard InChI is InChI=1S/C35H30F6N6O3/c1-2-23-26(37)6-3-17-9-22(48)11-24(28(17)23)30-29(38)31-25(12-42-30)32(46-14-20-4-5-21(15-46)47(20)33(49)35(39,40)41)44-34(43-31)50-16-18-7-8-45-13-19(36)10-27(18)45/h1,3,6,9,11-12,18-21,27,48H,4-5,7-8,10,13-16H2/t18-,19-,20?,21?,27?/m1/s1. The monoisotopic (exact) mass is 696 g/mol. The van der Waals surface area contributed by atoms with E-state index in [4.69, 9.17) is 11.2 Å². The van der Waals surface area contributed by atoms with Crippen LogP contribution in [0.1, 0.15) is 31.2 Å². The molecule has 4 aromatic rings. The smallest absolute Gasteiger partial charge is 0.471 e. The van der Waals surface area contributed by atoms with Crippen molar-refractivity contribution in [1.82, 2.24) is 24.8 Å². The number of hydrogen-bond donors (Lipinski definition) is 1. The Morgan fingerprint density at radius 3 is 2.56 bits per heavy atom. The highest BCUT2D eigenvalue weighted by atomic mass is 19.4. The zero-order valence-corrected chi connectivity index (χ0v) is 26.4. The lowest BCUT2D eigenvalue weighted by atomic mass is 9.96. The number of phenols is 1. The van der Waals surface area contributed by atoms with E-state index in [1.54, 1.807) is 4.90 Å². The van der Waals surface area contributed by atoms with E-state index in [0.29, 0.717) is 37.7 Å². The number of phenolic OH excluding ortho intramolecular Hbond substituents is 1. The number of ether oxygens (including phenoxy) is 1. The number of carbonyl (C=O) groups excluding carboxylic acids is 1. The van der Waals surface area contributed by atoms with Crippen LogP contribution < -0.4 is 9.64 Å². The summed E-state index contributed by atoms with van der Waals surface area (Å²) >= 11 is 0. The Bertz CT molecular complexity index is 2070. The molecule has 6 heterocycles. The number of alkyl halides is 4. The third kappa shape index (κ3) is 5.31. The third-order valence-electron chi connectivity index (χ3n) is 10.5. The first-order valence-corrected chi connectivity index (χ1v) is 16.3. The number of anilines is 1. The molecular weight excluding hydrogens is 666 g/mol. The maximum Gasteiger partial charge on any atom is 0.471 e. The quantitative estimate of drug-likeness (QED) is 0.220. The third-order valence-corrected chi connectivity index (χ3v) is 10.5. The molecular formula is C35H30F6N6O3. The minimum absolute atomic E-state index is 0.00715. The largest absolute Gasteiger partial charge is 0.508 e. The SMILES string of the molecule is C#Cc1c(F)ccc2cc(O)cc(-c3ncc4c(N5CC6CCC(C5)N6C(=O)C(F)(F)F)nc(OC[C@H]5CCN6C[C@H](F)CC56)nc4c3F)c12. The molecule has 0 radical (unpaired) electrons. The number of piperazine rings is 1. The molecule has 1 N–H and O–H groups in total. The second kappa shape index (κ2) is 11.9. The highest BCUT2D eigenvalue weighted by Gasteiger charge is 2.52. The molecule has 15 heteroatoms. The van der Waals surface area contributed by atoms with Crippen LogP contribution in [0.4, 0.5) is 32.2 Å². The van der Waals surface area contributed by atoms with Gasteiger partial charge in [-0.15, -0.1) is 6.42 Å². The van der Waals surface area contributed by atoms with E-state index in [1.807, 2.05) is 0 Å². The number of rotatable bonds is 5. The summed E-state index contributed by atoms with van der Waals surface area (Å²) in [5.74, 6) is -1.39. The predicted molar refractivity (Wildman–Crippen MR) is 170 cm³/mol. The first-order valence-electron chi connectivity index (χ1n) is 16.3. The lowest BCUT2D eigenvalue weighted by molar-refractivity contribution is -0.188. The maximum atomic E-state index is 16.8. The minimum atomic E-state index is -5.02. The van der Waals surface area contributed by atoms with Crippen molar-refractivity contribution in [2.24, 2.45) is 5.92 Å². The molecule has 4 saturated heterocycles. The molecule has 4 fully saturated rings. The lowest BCUT2D eigenvalue weighted by Gasteiger charge is -2.41. The normalized spacial score (nSPS) is 25.0. The van der Waals surface area contributed by atoms with Crippen molar-refractivity contribution in [1.29, 1.82) is 0 Å². The van der Waals surface area contributed by atoms with Crippen molar-refractivity contribution in [3.05, 3.63) is 47.7 Å². The van der Waals surface area contributed by atoms with Crippen LogP contribution in [0.5, 0.6) is 11.8 Å². The van der Waals surface area contributed by atoms with Crippen molar-refractivity contribution in [3.8, 4) is 35.4 Å². The lowest BCUT2D eigenvalue weighted by Crippen LogP contribution is -2.59. The number of fused-ring (bicyclic) bond motifs is 5. The summed E-state index contributed by atoms with van der Waals surface area (Å²) in [7, 11) is 0. The summed E-state index contributed by atoms with van der Waals surface area (Å²) in [5, 5.41) is 11.1. The van der Waals surface area contributed by atoms with Crippen molar-refractivity contribution in [2.75, 3.05) is 37.7 Å². The van der Waals surface area contributed by atoms with Crippen LogP contribution in [0.3, 0.4) is 0 Å². The summed E-state index contributed by atoms with van der Waals surface area (Å²) in [6.07, 6.45) is 2.83. The Morgan fingerprint density at radius 1 is 1.08 bits per heavy atom. The molecule has 2 aromatic heterocycles. The van der Waals surface area contributed by atoms with Gasteiger partial charge in [-0.25, -0.2) is 13.2 Å². The number of aromatic nitrogens is 3. The van der Waals surface area contributed by atoms with Crippen molar-refractivity contribution < 1.29 is 41.0 Å². The number of hydrogen-bond acceptors (Lipinski definition) is 8. The van der Waals surface area contributed by atoms with E-state index in [0.717, 1.165) is 17.4 Å². The Kier molecular flexibility index (Phi) is 7.70. The van der Waals surface area contributed by atoms with E-state index in [1.165, 1.54) is 24.4 Å². The van der Waals surface area contributed by atoms with E-state index in [2.05, 4.69) is 25.8 Å². The van der Waals surface area contributed by atoms with Crippen LogP contribution in [-0.2, 0) is 4.79 Å². The summed E-state index contributed by atoms with van der Waals surface area (Å²) < 4.78 is 92.2. The van der Waals surface area contributed by atoms with E-state index < -0.39 is 42.0 Å². The fraction of sp³-hybridized carbons (Fsp3) is 0.429. The van der Waals surface area contributed by atoms with Crippen LogP contribution in [0.2, 0.25) is 0 Å². The van der Waals surface area contributed by atoms with Gasteiger partial charge in [0.1, 0.15) is 34.8 Å². The van der Waals surface area contributed by atoms with Gasteiger partial charge >= 0.3 is 18.1 Å². The summed E-state index contributed by atoms with van der Waals surface area (Å²) in [6, 6.07) is 3.39. The van der Waals surface area contributed by atoms with Crippen LogP contribution in [0.25, 0.3) is 32.9 Å². The summed E-state index contributed by atoms with van der Waals surface area (Å²) in [4.78, 5) is 30.3. The molecule has 0 spiro atoms. The molecule has 9 nitrogen and oxygen atoms in total. The van der Waals surface area contributed by atoms with Crippen molar-refractivity contribution in [3.63, 3.8) is 0 Å². The van der Waals surface area contributed by atoms with E-state index in [9.17, 15) is 31.9 Å². The van der Waals surface area contributed by atoms with Crippen LogP contribution >= 0.6 is 0 Å². The average Bonchev–Trinajstić information content (AvgIpc) is 3.71. The predicted octanol–water partition coefficient (Wildman–Crippen LogP) is 5.36. The van der Waals surface area contributed by atoms with Gasteiger partial charge in [0.25, 0.3) is 0 Å². The molecule has 0 aliphatic carbocycles. The van der Waals surface area contributed by atoms with Crippen molar-refractivity contribution in [2.45, 2.75) is 56.2 Å². The van der Waals surface area contributed by atoms with Gasteiger partial charge < -0.3 is 19.6 Å². The maximum absolute atomic E-state index is 16.8. The fourth-order valence-electron chi connectivity index (χ4n) is 8.34. The van der Waals surface area contributed by atoms with Gasteiger partial charge in [-0.2, -0.15) is 23.1 Å². The molecule has 50 heavy (non-hydrogen) atoms. The Morgan fingerprint density at radius 2 is 1.84 bits per heavy atom. The molecule has 1 amide bonds. The molecule has 2 aromatic carbocycles. The van der Waals surface area contributed by atoms with Gasteiger partial charge in [0.2, 0.25) is 0 Å². The Balaban J connectivity index is 1.23. The zero-order chi connectivity index (χ0) is 35.1. The number of pyridine rings is 1. The van der Waals surface area contributed by atoms with Crippen LogP contribution in [-0.4, -0.2) is 99.0 Å². The highest BCUT2D eigenvalue weighted by Crippen LogP contribution is 2.41. The van der Waals surface area contributed by atoms with Crippen LogP contribution in [0, 0.1) is 29.9 Å². The Labute approximate surface area is 281 Å². The number of halogens is 6. The van der Waals surface area contributed by atoms with Gasteiger partial charge in [0.05, 0.1) is 29.6 Å². The number of carbonyl (C=O) groups is 1. The molecule has 8 rings (SSSR count). The van der Waals surface area contributed by atoms with Crippen LogP contribution in [0.15, 0.2) is 30.5 Å². The second-order valence-corrected chi connectivity index (χ2v) is 13.4. The van der Waals surface area contributed by atoms with Gasteiger partial charge in [0, 0.05) is 48.7 Å². The topological polar surface area (TPSA) is 94.9 Å². The van der Waals surface area contributed by atoms with E-state index >= 15 is 4.39 Å². The first-order chi connectivity index (χ1) is 23.9. The molecule has 4 aliphatic rings. The number of benzene rings is 2. The Hall–Kier alpha value is -4.84. The second-order valence-electron chi connectivity index (χ2n) is 13.4. The molecule has 2 bridgehead atoms. The zero-order valence-electron chi connectivity index (χ0n) is 26.4. The van der Waals surface area contributed by atoms with E-state index in [-0.39, 0.29) is 82.3 Å². The number of amides is 1. The van der Waals surface area contributed by atoms with Gasteiger partial charge in [-0.1, -0.05) is 12.0 Å². The molecule has 0 saturated carbocycles. The molecule has 5 atom stereocenters. The van der Waals surface area contributed by atoms with Crippen molar-refractivity contribution >= 4 is 33.4 Å².